The monoisotopic (exact) mass is 548 g/mol. The van der Waals surface area contributed by atoms with Gasteiger partial charge in [0.15, 0.2) is 17.5 Å². The summed E-state index contributed by atoms with van der Waals surface area (Å²) in [5.41, 5.74) is 0.483. The van der Waals surface area contributed by atoms with Crippen molar-refractivity contribution in [3.8, 4) is 11.5 Å². The maximum absolute atomic E-state index is 12.8. The maximum atomic E-state index is 12.8. The first kappa shape index (κ1) is 25.6. The van der Waals surface area contributed by atoms with Gasteiger partial charge in [0.1, 0.15) is 0 Å². The lowest BCUT2D eigenvalue weighted by Gasteiger charge is -2.18. The van der Waals surface area contributed by atoms with E-state index in [0.29, 0.717) is 44.2 Å². The lowest BCUT2D eigenvalue weighted by Crippen LogP contribution is -2.41. The molecular weight excluding hydrogens is 521 g/mol. The molecule has 1 fully saturated rings. The molecule has 1 heterocycles. The molecule has 1 saturated heterocycles. The van der Waals surface area contributed by atoms with E-state index in [4.69, 9.17) is 4.74 Å². The molecule has 0 amide bonds. The number of alkyl halides is 2. The molecule has 0 spiro atoms. The highest BCUT2D eigenvalue weighted by molar-refractivity contribution is 14.0. The van der Waals surface area contributed by atoms with Crippen molar-refractivity contribution < 1.29 is 26.7 Å². The molecule has 8 nitrogen and oxygen atoms in total. The highest BCUT2D eigenvalue weighted by Gasteiger charge is 2.27. The van der Waals surface area contributed by atoms with Crippen LogP contribution in [-0.4, -0.2) is 64.3 Å². The number of hydrogen-bond donors (Lipinski definition) is 2. The van der Waals surface area contributed by atoms with Crippen LogP contribution in [0.5, 0.6) is 11.5 Å². The van der Waals surface area contributed by atoms with Crippen LogP contribution in [0, 0.1) is 0 Å². The number of nitrogens with zero attached hydrogens (tertiary/aromatic N) is 2. The first-order valence-corrected chi connectivity index (χ1v) is 10.6. The lowest BCUT2D eigenvalue weighted by molar-refractivity contribution is -0.0520. The van der Waals surface area contributed by atoms with E-state index in [1.165, 1.54) is 4.31 Å². The minimum absolute atomic E-state index is 0. The number of benzene rings is 1. The molecule has 29 heavy (non-hydrogen) atoms. The highest BCUT2D eigenvalue weighted by atomic mass is 127. The fourth-order valence-electron chi connectivity index (χ4n) is 2.83. The molecule has 0 unspecified atom stereocenters. The van der Waals surface area contributed by atoms with Gasteiger partial charge in [-0.15, -0.1) is 24.0 Å². The van der Waals surface area contributed by atoms with E-state index in [1.54, 1.807) is 32.2 Å². The lowest BCUT2D eigenvalue weighted by atomic mass is 10.2. The second-order valence-electron chi connectivity index (χ2n) is 5.98. The molecule has 0 aliphatic carbocycles. The van der Waals surface area contributed by atoms with Crippen molar-refractivity contribution in [3.63, 3.8) is 0 Å². The molecule has 1 aliphatic heterocycles. The van der Waals surface area contributed by atoms with Crippen LogP contribution in [0.25, 0.3) is 0 Å². The maximum Gasteiger partial charge on any atom is 0.387 e. The molecule has 1 aromatic carbocycles. The zero-order valence-electron chi connectivity index (χ0n) is 16.4. The van der Waals surface area contributed by atoms with Crippen LogP contribution in [0.2, 0.25) is 0 Å². The highest BCUT2D eigenvalue weighted by Crippen LogP contribution is 2.32. The van der Waals surface area contributed by atoms with Gasteiger partial charge >= 0.3 is 6.61 Å². The summed E-state index contributed by atoms with van der Waals surface area (Å²) < 4.78 is 60.6. The number of para-hydroxylation sites is 1. The van der Waals surface area contributed by atoms with Crippen LogP contribution >= 0.6 is 24.0 Å². The Hall–Kier alpha value is -1.41. The van der Waals surface area contributed by atoms with Gasteiger partial charge in [-0.2, -0.15) is 8.78 Å². The molecule has 0 atom stereocenters. The predicted octanol–water partition coefficient (Wildman–Crippen LogP) is 2.01. The quantitative estimate of drug-likeness (QED) is 0.279. The zero-order valence-corrected chi connectivity index (χ0v) is 19.5. The summed E-state index contributed by atoms with van der Waals surface area (Å²) in [4.78, 5) is 4.06. The number of halogens is 3. The average molecular weight is 548 g/mol. The van der Waals surface area contributed by atoms with Gasteiger partial charge < -0.3 is 20.1 Å². The third-order valence-corrected chi connectivity index (χ3v) is 6.05. The molecule has 0 saturated carbocycles. The molecule has 2 rings (SSSR count). The van der Waals surface area contributed by atoms with Crippen molar-refractivity contribution in [2.24, 2.45) is 4.99 Å². The van der Waals surface area contributed by atoms with Crippen molar-refractivity contribution >= 4 is 40.0 Å². The smallest absolute Gasteiger partial charge is 0.387 e. The van der Waals surface area contributed by atoms with Gasteiger partial charge in [-0.1, -0.05) is 12.1 Å². The van der Waals surface area contributed by atoms with Crippen molar-refractivity contribution in [1.82, 2.24) is 14.9 Å². The van der Waals surface area contributed by atoms with E-state index in [0.717, 1.165) is 0 Å². The number of rotatable bonds is 9. The molecule has 0 bridgehead atoms. The fraction of sp³-hybridized carbons (Fsp3) is 0.588. The Balaban J connectivity index is 0.00000420. The summed E-state index contributed by atoms with van der Waals surface area (Å²) in [6.07, 6.45) is 0.637. The van der Waals surface area contributed by atoms with Gasteiger partial charge in [0, 0.05) is 38.8 Å². The summed E-state index contributed by atoms with van der Waals surface area (Å²) in [7, 11) is -1.58. The molecule has 1 aromatic rings. The summed E-state index contributed by atoms with van der Waals surface area (Å²) in [5, 5.41) is 6.02. The Labute approximate surface area is 187 Å². The minimum Gasteiger partial charge on any atom is -0.490 e. The van der Waals surface area contributed by atoms with E-state index >= 15 is 0 Å². The Kier molecular flexibility index (Phi) is 10.9. The van der Waals surface area contributed by atoms with Crippen LogP contribution < -0.4 is 20.1 Å². The second kappa shape index (κ2) is 12.3. The van der Waals surface area contributed by atoms with Crippen LogP contribution in [0.4, 0.5) is 8.78 Å². The number of aliphatic imine (C=N–C) groups is 1. The van der Waals surface area contributed by atoms with Crippen molar-refractivity contribution in [3.05, 3.63) is 23.8 Å². The fourth-order valence-corrected chi connectivity index (χ4v) is 4.36. The molecule has 1 aliphatic rings. The molecule has 0 radical (unpaired) electrons. The van der Waals surface area contributed by atoms with Gasteiger partial charge in [0.05, 0.1) is 12.4 Å². The number of ether oxygens (including phenoxy) is 2. The van der Waals surface area contributed by atoms with Gasteiger partial charge in [-0.05, 0) is 19.4 Å². The van der Waals surface area contributed by atoms with Gasteiger partial charge in [0.2, 0.25) is 10.0 Å². The number of nitrogens with one attached hydrogen (secondary N) is 2. The van der Waals surface area contributed by atoms with Crippen molar-refractivity contribution in [1.29, 1.82) is 0 Å². The topological polar surface area (TPSA) is 92.3 Å². The number of sulfonamides is 1. The largest absolute Gasteiger partial charge is 0.490 e. The van der Waals surface area contributed by atoms with E-state index < -0.39 is 16.6 Å². The van der Waals surface area contributed by atoms with E-state index in [9.17, 15) is 17.2 Å². The summed E-state index contributed by atoms with van der Waals surface area (Å²) in [6.45, 7) is 0.503. The van der Waals surface area contributed by atoms with Gasteiger partial charge in [0.25, 0.3) is 0 Å². The van der Waals surface area contributed by atoms with E-state index in [2.05, 4.69) is 20.4 Å². The SMILES string of the molecule is CCOc1cccc(CNC(=NC)NCCN2CCCS2(=O)=O)c1OC(F)F.I. The first-order chi connectivity index (χ1) is 13.4. The number of hydrogen-bond acceptors (Lipinski definition) is 5. The zero-order chi connectivity index (χ0) is 20.6. The molecular formula is C17H27F2IN4O4S. The summed E-state index contributed by atoms with van der Waals surface area (Å²) in [6, 6.07) is 4.90. The normalized spacial score (nSPS) is 16.4. The Bertz CT molecular complexity index is 781. The van der Waals surface area contributed by atoms with Crippen LogP contribution in [0.3, 0.4) is 0 Å². The second-order valence-corrected chi connectivity index (χ2v) is 8.07. The Morgan fingerprint density at radius 2 is 2.10 bits per heavy atom. The van der Waals surface area contributed by atoms with Crippen LogP contribution in [0.1, 0.15) is 18.9 Å². The summed E-state index contributed by atoms with van der Waals surface area (Å²) in [5.74, 6) is 0.819. The molecule has 166 valence electrons. The van der Waals surface area contributed by atoms with E-state index in [1.807, 2.05) is 0 Å². The van der Waals surface area contributed by atoms with Gasteiger partial charge in [-0.25, -0.2) is 12.7 Å². The van der Waals surface area contributed by atoms with Crippen LogP contribution in [-0.2, 0) is 16.6 Å². The van der Waals surface area contributed by atoms with Crippen molar-refractivity contribution in [2.45, 2.75) is 26.5 Å². The standard InChI is InChI=1S/C17H26F2N4O4S.HI/c1-3-26-14-7-4-6-13(15(14)27-16(18)19)12-22-17(20-2)21-8-10-23-9-5-11-28(23,24)25;/h4,6-7,16H,3,5,8-12H2,1-2H3,(H2,20,21,22);1H. The average Bonchev–Trinajstić information content (AvgIpc) is 2.98. The molecule has 2 N–H and O–H groups in total. The number of guanidine groups is 1. The third-order valence-electron chi connectivity index (χ3n) is 4.09. The Morgan fingerprint density at radius 3 is 2.69 bits per heavy atom. The minimum atomic E-state index is -3.14. The summed E-state index contributed by atoms with van der Waals surface area (Å²) >= 11 is 0. The Morgan fingerprint density at radius 1 is 1.34 bits per heavy atom. The predicted molar refractivity (Wildman–Crippen MR) is 118 cm³/mol. The van der Waals surface area contributed by atoms with Crippen molar-refractivity contribution in [2.75, 3.05) is 39.0 Å². The molecule has 12 heteroatoms. The van der Waals surface area contributed by atoms with E-state index in [-0.39, 0.29) is 47.8 Å². The third kappa shape index (κ3) is 7.74. The molecule has 0 aromatic heterocycles. The van der Waals surface area contributed by atoms with Crippen LogP contribution in [0.15, 0.2) is 23.2 Å². The first-order valence-electron chi connectivity index (χ1n) is 8.99. The van der Waals surface area contributed by atoms with Gasteiger partial charge in [-0.3, -0.25) is 4.99 Å².